The summed E-state index contributed by atoms with van der Waals surface area (Å²) >= 11 is 0. The molecule has 0 saturated carbocycles. The van der Waals surface area contributed by atoms with Crippen LogP contribution in [0, 0.1) is 6.92 Å². The highest BCUT2D eigenvalue weighted by Gasteiger charge is 2.22. The molecule has 2 rings (SSSR count). The smallest absolute Gasteiger partial charge is 0.251 e. The average molecular weight is 390 g/mol. The lowest BCUT2D eigenvalue weighted by Crippen LogP contribution is -2.29. The monoisotopic (exact) mass is 389 g/mol. The van der Waals surface area contributed by atoms with Crippen molar-refractivity contribution in [1.82, 2.24) is 14.6 Å². The predicted molar refractivity (Wildman–Crippen MR) is 106 cm³/mol. The molecule has 1 aromatic heterocycles. The van der Waals surface area contributed by atoms with Gasteiger partial charge in [-0.05, 0) is 50.1 Å². The van der Waals surface area contributed by atoms with E-state index in [1.807, 2.05) is 32.9 Å². The normalized spacial score (nSPS) is 12.8. The first-order valence-corrected chi connectivity index (χ1v) is 10.5. The molecule has 0 aliphatic heterocycles. The molecule has 2 aromatic rings. The molecule has 1 aromatic carbocycles. The van der Waals surface area contributed by atoms with Gasteiger partial charge in [-0.25, -0.2) is 12.7 Å². The molecular weight excluding hydrogens is 362 g/mol. The van der Waals surface area contributed by atoms with Crippen LogP contribution in [0.2, 0.25) is 0 Å². The Bertz CT molecular complexity index is 880. The van der Waals surface area contributed by atoms with Gasteiger partial charge >= 0.3 is 0 Å². The van der Waals surface area contributed by atoms with E-state index >= 15 is 0 Å². The first-order valence-electron chi connectivity index (χ1n) is 9.05. The van der Waals surface area contributed by atoms with Crippen molar-refractivity contribution in [3.05, 3.63) is 59.4 Å². The van der Waals surface area contributed by atoms with Gasteiger partial charge in [-0.15, -0.1) is 0 Å². The summed E-state index contributed by atoms with van der Waals surface area (Å²) in [4.78, 5) is 16.9. The second-order valence-corrected chi connectivity index (χ2v) is 8.68. The van der Waals surface area contributed by atoms with E-state index in [9.17, 15) is 13.2 Å². The molecule has 0 fully saturated rings. The van der Waals surface area contributed by atoms with Crippen molar-refractivity contribution in [3.63, 3.8) is 0 Å². The van der Waals surface area contributed by atoms with E-state index in [0.717, 1.165) is 24.1 Å². The van der Waals surface area contributed by atoms with Crippen LogP contribution in [0.1, 0.15) is 54.3 Å². The van der Waals surface area contributed by atoms with Crippen LogP contribution in [-0.4, -0.2) is 37.2 Å². The topological polar surface area (TPSA) is 79.4 Å². The minimum Gasteiger partial charge on any atom is -0.345 e. The van der Waals surface area contributed by atoms with Gasteiger partial charge in [0.15, 0.2) is 0 Å². The Kier molecular flexibility index (Phi) is 7.10. The number of pyridine rings is 1. The molecule has 0 spiro atoms. The number of carbonyl (C=O) groups excluding carboxylic acids is 1. The number of rotatable bonds is 8. The summed E-state index contributed by atoms with van der Waals surface area (Å²) in [5.41, 5.74) is 2.10. The average Bonchev–Trinajstić information content (AvgIpc) is 2.66. The number of sulfonamides is 1. The molecule has 1 amide bonds. The summed E-state index contributed by atoms with van der Waals surface area (Å²) in [6.07, 6.45) is 3.43. The van der Waals surface area contributed by atoms with E-state index in [4.69, 9.17) is 0 Å². The highest BCUT2D eigenvalue weighted by Crippen LogP contribution is 2.18. The van der Waals surface area contributed by atoms with Gasteiger partial charge in [-0.3, -0.25) is 9.78 Å². The summed E-state index contributed by atoms with van der Waals surface area (Å²) in [6, 6.07) is 9.70. The Morgan fingerprint density at radius 1 is 1.26 bits per heavy atom. The minimum absolute atomic E-state index is 0.124. The van der Waals surface area contributed by atoms with Crippen LogP contribution in [0.25, 0.3) is 0 Å². The fourth-order valence-electron chi connectivity index (χ4n) is 2.58. The molecule has 1 atom stereocenters. The second kappa shape index (κ2) is 9.10. The molecule has 146 valence electrons. The van der Waals surface area contributed by atoms with Crippen molar-refractivity contribution in [2.45, 2.75) is 44.6 Å². The lowest BCUT2D eigenvalue weighted by atomic mass is 10.1. The van der Waals surface area contributed by atoms with Crippen LogP contribution >= 0.6 is 0 Å². The SMILES string of the molecule is CCCCN(C)S(=O)(=O)c1cccc(C(=O)NC(C)c2ccc(C)nc2)c1. The minimum atomic E-state index is -3.61. The van der Waals surface area contributed by atoms with E-state index in [1.54, 1.807) is 25.4 Å². The summed E-state index contributed by atoms with van der Waals surface area (Å²) < 4.78 is 26.7. The highest BCUT2D eigenvalue weighted by atomic mass is 32.2. The van der Waals surface area contributed by atoms with Crippen LogP contribution in [0.3, 0.4) is 0 Å². The molecule has 1 heterocycles. The van der Waals surface area contributed by atoms with Crippen LogP contribution in [0.15, 0.2) is 47.5 Å². The number of hydrogen-bond donors (Lipinski definition) is 1. The largest absolute Gasteiger partial charge is 0.345 e. The quantitative estimate of drug-likeness (QED) is 0.751. The van der Waals surface area contributed by atoms with Crippen molar-refractivity contribution in [3.8, 4) is 0 Å². The Morgan fingerprint density at radius 3 is 2.63 bits per heavy atom. The molecule has 7 heteroatoms. The number of unbranched alkanes of at least 4 members (excludes halogenated alkanes) is 1. The first-order chi connectivity index (χ1) is 12.8. The molecule has 27 heavy (non-hydrogen) atoms. The lowest BCUT2D eigenvalue weighted by molar-refractivity contribution is 0.0939. The number of hydrogen-bond acceptors (Lipinski definition) is 4. The van der Waals surface area contributed by atoms with Crippen molar-refractivity contribution in [2.24, 2.45) is 0 Å². The van der Waals surface area contributed by atoms with Gasteiger partial charge in [0.1, 0.15) is 0 Å². The Balaban J connectivity index is 2.16. The summed E-state index contributed by atoms with van der Waals surface area (Å²) in [5.74, 6) is -0.323. The van der Waals surface area contributed by atoms with Gasteiger partial charge in [-0.2, -0.15) is 0 Å². The first kappa shape index (κ1) is 21.1. The number of carbonyl (C=O) groups is 1. The van der Waals surface area contributed by atoms with Crippen molar-refractivity contribution in [2.75, 3.05) is 13.6 Å². The standard InChI is InChI=1S/C20H27N3O3S/c1-5-6-12-23(4)27(25,26)19-9-7-8-17(13-19)20(24)22-16(3)18-11-10-15(2)21-14-18/h7-11,13-14,16H,5-6,12H2,1-4H3,(H,22,24). The predicted octanol–water partition coefficient (Wildman–Crippen LogP) is 3.30. The fraction of sp³-hybridized carbons (Fsp3) is 0.400. The van der Waals surface area contributed by atoms with Crippen LogP contribution < -0.4 is 5.32 Å². The number of benzene rings is 1. The maximum absolute atomic E-state index is 12.7. The highest BCUT2D eigenvalue weighted by molar-refractivity contribution is 7.89. The lowest BCUT2D eigenvalue weighted by Gasteiger charge is -2.18. The third-order valence-electron chi connectivity index (χ3n) is 4.41. The third-order valence-corrected chi connectivity index (χ3v) is 6.27. The Hall–Kier alpha value is -2.25. The van der Waals surface area contributed by atoms with Gasteiger partial charge in [-0.1, -0.05) is 25.5 Å². The van der Waals surface area contributed by atoms with Gasteiger partial charge < -0.3 is 5.32 Å². The zero-order chi connectivity index (χ0) is 20.0. The number of aromatic nitrogens is 1. The molecule has 0 aliphatic rings. The molecule has 0 radical (unpaired) electrons. The van der Waals surface area contributed by atoms with Gasteiger partial charge in [0.05, 0.1) is 10.9 Å². The van der Waals surface area contributed by atoms with Crippen molar-refractivity contribution in [1.29, 1.82) is 0 Å². The van der Waals surface area contributed by atoms with Crippen LogP contribution in [0.4, 0.5) is 0 Å². The zero-order valence-corrected chi connectivity index (χ0v) is 17.1. The molecular formula is C20H27N3O3S. The molecule has 0 aliphatic carbocycles. The van der Waals surface area contributed by atoms with E-state index in [2.05, 4.69) is 10.3 Å². The maximum Gasteiger partial charge on any atom is 0.251 e. The summed E-state index contributed by atoms with van der Waals surface area (Å²) in [6.45, 7) is 6.22. The summed E-state index contributed by atoms with van der Waals surface area (Å²) in [5, 5.41) is 2.89. The number of nitrogens with one attached hydrogen (secondary N) is 1. The third kappa shape index (κ3) is 5.37. The Labute approximate surface area is 161 Å². The van der Waals surface area contributed by atoms with Gasteiger partial charge in [0, 0.05) is 31.0 Å². The maximum atomic E-state index is 12.7. The number of aryl methyl sites for hydroxylation is 1. The fourth-order valence-corrected chi connectivity index (χ4v) is 3.83. The molecule has 0 saturated heterocycles. The van der Waals surface area contributed by atoms with E-state index < -0.39 is 10.0 Å². The van der Waals surface area contributed by atoms with Gasteiger partial charge in [0.25, 0.3) is 5.91 Å². The molecule has 1 unspecified atom stereocenters. The summed E-state index contributed by atoms with van der Waals surface area (Å²) in [7, 11) is -2.05. The molecule has 6 nitrogen and oxygen atoms in total. The zero-order valence-electron chi connectivity index (χ0n) is 16.3. The van der Waals surface area contributed by atoms with E-state index in [-0.39, 0.29) is 16.8 Å². The van der Waals surface area contributed by atoms with Crippen LogP contribution in [0.5, 0.6) is 0 Å². The van der Waals surface area contributed by atoms with Crippen molar-refractivity contribution < 1.29 is 13.2 Å². The van der Waals surface area contributed by atoms with E-state index in [1.165, 1.54) is 16.4 Å². The molecule has 1 N–H and O–H groups in total. The van der Waals surface area contributed by atoms with Crippen molar-refractivity contribution >= 4 is 15.9 Å². The van der Waals surface area contributed by atoms with E-state index in [0.29, 0.717) is 12.1 Å². The van der Waals surface area contributed by atoms with Crippen LogP contribution in [-0.2, 0) is 10.0 Å². The number of nitrogens with zero attached hydrogens (tertiary/aromatic N) is 2. The Morgan fingerprint density at radius 2 is 2.00 bits per heavy atom. The second-order valence-electron chi connectivity index (χ2n) is 6.64. The van der Waals surface area contributed by atoms with Gasteiger partial charge in [0.2, 0.25) is 10.0 Å². The number of amides is 1. The molecule has 0 bridgehead atoms.